The third kappa shape index (κ3) is 4.81. The second kappa shape index (κ2) is 4.70. The van der Waals surface area contributed by atoms with Gasteiger partial charge in [-0.3, -0.25) is 0 Å². The summed E-state index contributed by atoms with van der Waals surface area (Å²) < 4.78 is 61.6. The van der Waals surface area contributed by atoms with Gasteiger partial charge in [0.15, 0.2) is 0 Å². The maximum absolute atomic E-state index is 12.3. The normalized spacial score (nSPS) is 16.9. The predicted molar refractivity (Wildman–Crippen MR) is 64.7 cm³/mol. The first-order chi connectivity index (χ1) is 7.94. The van der Waals surface area contributed by atoms with Crippen LogP contribution in [0, 0.1) is 0 Å². The molecule has 0 fully saturated rings. The third-order valence-corrected chi connectivity index (χ3v) is 3.33. The number of hydrogen-bond acceptors (Lipinski definition) is 1. The highest BCUT2D eigenvalue weighted by atomic mass is 32.5. The van der Waals surface area contributed by atoms with E-state index in [1.54, 1.807) is 6.92 Å². The van der Waals surface area contributed by atoms with E-state index in [0.717, 1.165) is 12.1 Å². The van der Waals surface area contributed by atoms with E-state index < -0.39 is 15.1 Å². The molecule has 1 nitrogen and oxygen atoms in total. The lowest BCUT2D eigenvalue weighted by Crippen LogP contribution is -2.06. The number of rotatable bonds is 3. The molecule has 1 N–H and O–H groups in total. The van der Waals surface area contributed by atoms with Gasteiger partial charge in [-0.15, -0.1) is 0 Å². The van der Waals surface area contributed by atoms with Gasteiger partial charge < -0.3 is 5.11 Å². The largest absolute Gasteiger partial charge is 0.396 e. The average Bonchev–Trinajstić information content (AvgIpc) is 2.28. The molecule has 0 amide bonds. The highest BCUT2D eigenvalue weighted by Gasteiger charge is 2.65. The van der Waals surface area contributed by atoms with Crippen molar-refractivity contribution in [3.05, 3.63) is 29.8 Å². The van der Waals surface area contributed by atoms with E-state index in [0.29, 0.717) is 17.7 Å². The standard InChI is InChI=1S/C9H11F5OS.C2H6/c1-7(6-15)8-2-4-9(5-3-8)16(10,11,12,13)14;1-2/h2-5,7,15H,6H2,1H3;1-2H3. The quantitative estimate of drug-likeness (QED) is 0.733. The van der Waals surface area contributed by atoms with Crippen molar-refractivity contribution in [3.63, 3.8) is 0 Å². The van der Waals surface area contributed by atoms with Crippen LogP contribution in [0.3, 0.4) is 0 Å². The molecule has 0 aliphatic carbocycles. The number of aliphatic hydroxyl groups is 1. The van der Waals surface area contributed by atoms with E-state index in [1.165, 1.54) is 0 Å². The summed E-state index contributed by atoms with van der Waals surface area (Å²) in [6, 6.07) is 2.61. The SMILES string of the molecule is CC.CC(CO)c1ccc(S(F)(F)(F)(F)F)cc1. The van der Waals surface area contributed by atoms with E-state index in [9.17, 15) is 19.4 Å². The molecule has 0 saturated heterocycles. The smallest absolute Gasteiger partial charge is 0.310 e. The monoisotopic (exact) mass is 292 g/mol. The van der Waals surface area contributed by atoms with Crippen LogP contribution in [0.15, 0.2) is 29.2 Å². The van der Waals surface area contributed by atoms with Gasteiger partial charge in [-0.05, 0) is 17.7 Å². The van der Waals surface area contributed by atoms with Crippen LogP contribution in [-0.2, 0) is 0 Å². The first kappa shape index (κ1) is 17.2. The van der Waals surface area contributed by atoms with Crippen LogP contribution in [0.4, 0.5) is 19.4 Å². The highest BCUT2D eigenvalue weighted by Crippen LogP contribution is 3.02. The summed E-state index contributed by atoms with van der Waals surface area (Å²) in [5.74, 6) is -0.382. The molecule has 108 valence electrons. The molecule has 0 heterocycles. The molecule has 7 heteroatoms. The number of benzene rings is 1. The molecule has 1 atom stereocenters. The zero-order valence-corrected chi connectivity index (χ0v) is 11.2. The van der Waals surface area contributed by atoms with Crippen LogP contribution >= 0.6 is 10.2 Å². The molecule has 0 bridgehead atoms. The Hall–Kier alpha value is -0.820. The first-order valence-corrected chi connectivity index (χ1v) is 7.34. The summed E-state index contributed by atoms with van der Waals surface area (Å²) in [4.78, 5) is -1.91. The summed E-state index contributed by atoms with van der Waals surface area (Å²) >= 11 is 0. The number of halogens is 5. The van der Waals surface area contributed by atoms with E-state index in [-0.39, 0.29) is 12.5 Å². The first-order valence-electron chi connectivity index (χ1n) is 5.39. The van der Waals surface area contributed by atoms with Gasteiger partial charge in [0.05, 0.1) is 0 Å². The second-order valence-corrected chi connectivity index (χ2v) is 6.03. The number of aliphatic hydroxyl groups excluding tert-OH is 1. The second-order valence-electron chi connectivity index (χ2n) is 3.62. The van der Waals surface area contributed by atoms with Crippen molar-refractivity contribution < 1.29 is 24.5 Å². The maximum atomic E-state index is 12.3. The van der Waals surface area contributed by atoms with Gasteiger partial charge in [-0.1, -0.05) is 52.3 Å². The Bertz CT molecular complexity index is 383. The lowest BCUT2D eigenvalue weighted by Gasteiger charge is -2.40. The fraction of sp³-hybridized carbons (Fsp3) is 0.455. The van der Waals surface area contributed by atoms with Crippen molar-refractivity contribution in [1.29, 1.82) is 0 Å². The summed E-state index contributed by atoms with van der Waals surface area (Å²) in [5.41, 5.74) is 0.383. The van der Waals surface area contributed by atoms with Crippen LogP contribution in [0.2, 0.25) is 0 Å². The summed E-state index contributed by atoms with van der Waals surface area (Å²) in [5, 5.41) is 8.76. The van der Waals surface area contributed by atoms with Crippen molar-refractivity contribution >= 4 is 10.2 Å². The van der Waals surface area contributed by atoms with Gasteiger partial charge in [-0.25, -0.2) is 0 Å². The molecular formula is C11H17F5OS. The molecular weight excluding hydrogens is 275 g/mol. The fourth-order valence-corrected chi connectivity index (χ4v) is 1.81. The van der Waals surface area contributed by atoms with Crippen molar-refractivity contribution in [2.45, 2.75) is 31.6 Å². The highest BCUT2D eigenvalue weighted by molar-refractivity contribution is 8.45. The van der Waals surface area contributed by atoms with Crippen LogP contribution in [0.25, 0.3) is 0 Å². The van der Waals surface area contributed by atoms with E-state index >= 15 is 0 Å². The lowest BCUT2D eigenvalue weighted by molar-refractivity contribution is 0.273. The molecule has 1 rings (SSSR count). The van der Waals surface area contributed by atoms with Crippen molar-refractivity contribution in [2.75, 3.05) is 6.61 Å². The Morgan fingerprint density at radius 1 is 1.00 bits per heavy atom. The van der Waals surface area contributed by atoms with Gasteiger partial charge in [-0.2, -0.15) is 0 Å². The minimum Gasteiger partial charge on any atom is -0.396 e. The molecule has 0 saturated carbocycles. The van der Waals surface area contributed by atoms with Gasteiger partial charge >= 0.3 is 10.2 Å². The van der Waals surface area contributed by atoms with Gasteiger partial charge in [0.2, 0.25) is 0 Å². The van der Waals surface area contributed by atoms with Crippen LogP contribution < -0.4 is 0 Å². The van der Waals surface area contributed by atoms with Crippen molar-refractivity contribution in [3.8, 4) is 0 Å². The zero-order valence-electron chi connectivity index (χ0n) is 10.3. The van der Waals surface area contributed by atoms with Gasteiger partial charge in [0, 0.05) is 12.5 Å². The molecule has 0 radical (unpaired) electrons. The Morgan fingerprint density at radius 3 is 1.67 bits per heavy atom. The average molecular weight is 292 g/mol. The molecule has 18 heavy (non-hydrogen) atoms. The van der Waals surface area contributed by atoms with Gasteiger partial charge in [0.1, 0.15) is 4.90 Å². The molecule has 1 aromatic carbocycles. The molecule has 1 aromatic rings. The Morgan fingerprint density at radius 2 is 1.39 bits per heavy atom. The molecule has 0 aromatic heterocycles. The van der Waals surface area contributed by atoms with E-state index in [1.807, 2.05) is 13.8 Å². The number of hydrogen-bond donors (Lipinski definition) is 1. The molecule has 0 aliphatic rings. The fourth-order valence-electron chi connectivity index (χ4n) is 1.16. The van der Waals surface area contributed by atoms with Crippen LogP contribution in [0.5, 0.6) is 0 Å². The summed E-state index contributed by atoms with van der Waals surface area (Å²) in [6.07, 6.45) is 0. The molecule has 0 aliphatic heterocycles. The summed E-state index contributed by atoms with van der Waals surface area (Å²) in [6.45, 7) is 5.32. The van der Waals surface area contributed by atoms with Crippen LogP contribution in [0.1, 0.15) is 32.3 Å². The molecule has 1 unspecified atom stereocenters. The minimum atomic E-state index is -9.56. The van der Waals surface area contributed by atoms with Gasteiger partial charge in [0.25, 0.3) is 0 Å². The summed E-state index contributed by atoms with van der Waals surface area (Å²) in [7, 11) is -9.56. The predicted octanol–water partition coefficient (Wildman–Crippen LogP) is 5.47. The Kier molecular flexibility index (Phi) is 4.48. The maximum Gasteiger partial charge on any atom is 0.310 e. The lowest BCUT2D eigenvalue weighted by atomic mass is 10.0. The third-order valence-electron chi connectivity index (χ3n) is 2.17. The molecule has 0 spiro atoms. The van der Waals surface area contributed by atoms with Crippen LogP contribution in [-0.4, -0.2) is 11.7 Å². The van der Waals surface area contributed by atoms with E-state index in [2.05, 4.69) is 0 Å². The Labute approximate surface area is 103 Å². The Balaban J connectivity index is 0.00000137. The topological polar surface area (TPSA) is 20.2 Å². The van der Waals surface area contributed by atoms with Crippen molar-refractivity contribution in [1.82, 2.24) is 0 Å². The van der Waals surface area contributed by atoms with E-state index in [4.69, 9.17) is 5.11 Å². The zero-order chi connectivity index (χ0) is 14.7. The van der Waals surface area contributed by atoms with Crippen molar-refractivity contribution in [2.24, 2.45) is 0 Å². The minimum absolute atomic E-state index is 0.254.